The third-order valence-corrected chi connectivity index (χ3v) is 2.78. The average Bonchev–Trinajstić information content (AvgIpc) is 2.27. The number of para-hydroxylation sites is 1. The fourth-order valence-corrected chi connectivity index (χ4v) is 1.57. The van der Waals surface area contributed by atoms with Crippen LogP contribution in [0, 0.1) is 0 Å². The molecule has 16 heavy (non-hydrogen) atoms. The topological polar surface area (TPSA) is 42.8 Å². The van der Waals surface area contributed by atoms with Crippen LogP contribution in [-0.2, 0) is 0 Å². The highest BCUT2D eigenvalue weighted by atomic mass is 35.5. The lowest BCUT2D eigenvalue weighted by molar-refractivity contribution is -0.657. The lowest BCUT2D eigenvalue weighted by atomic mass is 10.3. The molecule has 0 saturated heterocycles. The van der Waals surface area contributed by atoms with Gasteiger partial charge < -0.3 is 18.1 Å². The molecule has 1 aromatic heterocycles. The number of nitrogens with zero attached hydrogens (tertiary/aromatic N) is 2. The number of benzene rings is 1. The molecule has 0 aliphatic rings. The van der Waals surface area contributed by atoms with Gasteiger partial charge in [-0.1, -0.05) is 29.8 Å². The van der Waals surface area contributed by atoms with E-state index in [9.17, 15) is 0 Å². The third kappa shape index (κ3) is 2.38. The van der Waals surface area contributed by atoms with Crippen molar-refractivity contribution in [3.8, 4) is 5.69 Å². The second kappa shape index (κ2) is 5.34. The number of nitrogens with two attached hydrogens (primary N) is 1. The Morgan fingerprint density at radius 1 is 1.12 bits per heavy atom. The number of nitrogen functional groups attached to an aromatic ring is 1. The molecule has 2 aromatic rings. The molecule has 3 nitrogen and oxygen atoms in total. The first-order valence-electron chi connectivity index (χ1n) is 4.27. The quantitative estimate of drug-likeness (QED) is 0.697. The predicted octanol–water partition coefficient (Wildman–Crippen LogP) is -0.749. The molecule has 2 N–H and O–H groups in total. The van der Waals surface area contributed by atoms with E-state index in [0.717, 1.165) is 5.69 Å². The molecule has 1 heterocycles. The molecule has 0 radical (unpaired) electrons. The van der Waals surface area contributed by atoms with Crippen molar-refractivity contribution in [3.05, 3.63) is 46.7 Å². The molecule has 1 aromatic carbocycles. The highest BCUT2D eigenvalue weighted by molar-refractivity contribution is 6.42. The highest BCUT2D eigenvalue weighted by Crippen LogP contribution is 2.23. The van der Waals surface area contributed by atoms with E-state index in [2.05, 4.69) is 5.10 Å². The smallest absolute Gasteiger partial charge is 0.328 e. The van der Waals surface area contributed by atoms with Crippen LogP contribution in [0.15, 0.2) is 36.5 Å². The second-order valence-electron chi connectivity index (χ2n) is 2.95. The number of aromatic nitrogens is 2. The standard InChI is InChI=1S/C10H7Cl2N3.ClH/c11-9-8(13)6-14-15(10(9)12)7-4-2-1-3-5-7;/h1-6,13H;1H. The van der Waals surface area contributed by atoms with Crippen LogP contribution in [0.5, 0.6) is 0 Å². The SMILES string of the molecule is Nc1cn[n+](-c2ccccc2)c(Cl)c1Cl.[Cl-]. The average molecular weight is 277 g/mol. The molecule has 0 bridgehead atoms. The fraction of sp³-hybridized carbons (Fsp3) is 0. The van der Waals surface area contributed by atoms with Crippen molar-refractivity contribution in [1.29, 1.82) is 0 Å². The molecular weight excluding hydrogens is 268 g/mol. The second-order valence-corrected chi connectivity index (χ2v) is 3.69. The predicted molar refractivity (Wildman–Crippen MR) is 60.2 cm³/mol. The van der Waals surface area contributed by atoms with Gasteiger partial charge in [-0.15, -0.1) is 0 Å². The third-order valence-electron chi connectivity index (χ3n) is 1.93. The molecule has 84 valence electrons. The molecule has 0 aliphatic heterocycles. The molecule has 0 spiro atoms. The summed E-state index contributed by atoms with van der Waals surface area (Å²) in [5, 5.41) is 4.71. The minimum absolute atomic E-state index is 0. The Balaban J connectivity index is 0.00000128. The minimum atomic E-state index is 0. The molecule has 6 heteroatoms. The Morgan fingerprint density at radius 3 is 2.38 bits per heavy atom. The lowest BCUT2D eigenvalue weighted by Gasteiger charge is -1.98. The summed E-state index contributed by atoms with van der Waals surface area (Å²) in [5.74, 6) is 0. The maximum atomic E-state index is 6.02. The Bertz CT molecular complexity index is 488. The fourth-order valence-electron chi connectivity index (χ4n) is 1.19. The summed E-state index contributed by atoms with van der Waals surface area (Å²) >= 11 is 11.9. The summed E-state index contributed by atoms with van der Waals surface area (Å²) in [7, 11) is 0. The van der Waals surface area contributed by atoms with Gasteiger partial charge >= 0.3 is 5.15 Å². The van der Waals surface area contributed by atoms with E-state index in [1.54, 1.807) is 0 Å². The first-order chi connectivity index (χ1) is 7.20. The maximum Gasteiger partial charge on any atom is 0.328 e. The van der Waals surface area contributed by atoms with Crippen molar-refractivity contribution in [1.82, 2.24) is 5.10 Å². The van der Waals surface area contributed by atoms with E-state index < -0.39 is 0 Å². The van der Waals surface area contributed by atoms with E-state index in [1.165, 1.54) is 10.9 Å². The van der Waals surface area contributed by atoms with Crippen LogP contribution in [0.4, 0.5) is 5.69 Å². The van der Waals surface area contributed by atoms with Gasteiger partial charge in [0.1, 0.15) is 6.20 Å². The molecule has 2 rings (SSSR count). The van der Waals surface area contributed by atoms with E-state index in [4.69, 9.17) is 28.9 Å². The minimum Gasteiger partial charge on any atom is -1.00 e. The van der Waals surface area contributed by atoms with Crippen LogP contribution in [0.2, 0.25) is 10.2 Å². The zero-order valence-corrected chi connectivity index (χ0v) is 10.3. The molecule has 0 unspecified atom stereocenters. The summed E-state index contributed by atoms with van der Waals surface area (Å²) in [6.07, 6.45) is 1.47. The van der Waals surface area contributed by atoms with Gasteiger partial charge in [-0.05, 0) is 16.3 Å². The number of rotatable bonds is 1. The van der Waals surface area contributed by atoms with E-state index >= 15 is 0 Å². The van der Waals surface area contributed by atoms with Crippen molar-refractivity contribution >= 4 is 28.9 Å². The zero-order chi connectivity index (χ0) is 10.8. The number of hydrogen-bond acceptors (Lipinski definition) is 2. The monoisotopic (exact) mass is 275 g/mol. The van der Waals surface area contributed by atoms with Crippen LogP contribution in [0.1, 0.15) is 0 Å². The highest BCUT2D eigenvalue weighted by Gasteiger charge is 2.19. The van der Waals surface area contributed by atoms with Gasteiger partial charge in [-0.3, -0.25) is 0 Å². The summed E-state index contributed by atoms with van der Waals surface area (Å²) in [5.41, 5.74) is 6.78. The number of anilines is 1. The van der Waals surface area contributed by atoms with Crippen molar-refractivity contribution < 1.29 is 17.1 Å². The van der Waals surface area contributed by atoms with Gasteiger partial charge in [0.15, 0.2) is 5.02 Å². The molecule has 0 aliphatic carbocycles. The van der Waals surface area contributed by atoms with E-state index in [1.807, 2.05) is 30.3 Å². The molecule has 0 saturated carbocycles. The normalized spacial score (nSPS) is 9.62. The van der Waals surface area contributed by atoms with Crippen molar-refractivity contribution in [2.45, 2.75) is 0 Å². The van der Waals surface area contributed by atoms with Crippen LogP contribution in [-0.4, -0.2) is 5.10 Å². The summed E-state index contributed by atoms with van der Waals surface area (Å²) in [6, 6.07) is 9.46. The Kier molecular flexibility index (Phi) is 4.35. The Morgan fingerprint density at radius 2 is 1.75 bits per heavy atom. The first kappa shape index (κ1) is 13.0. The van der Waals surface area contributed by atoms with Crippen molar-refractivity contribution in [3.63, 3.8) is 0 Å². The zero-order valence-electron chi connectivity index (χ0n) is 8.07. The van der Waals surface area contributed by atoms with E-state index in [0.29, 0.717) is 15.9 Å². The maximum absolute atomic E-state index is 6.02. The summed E-state index contributed by atoms with van der Waals surface area (Å²) < 4.78 is 1.53. The Hall–Kier alpha value is -1.03. The molecule has 0 atom stereocenters. The molecular formula is C10H8Cl3N3. The lowest BCUT2D eigenvalue weighted by Crippen LogP contribution is -3.00. The van der Waals surface area contributed by atoms with Crippen LogP contribution in [0.3, 0.4) is 0 Å². The molecule has 0 amide bonds. The van der Waals surface area contributed by atoms with Gasteiger partial charge in [-0.2, -0.15) is 0 Å². The summed E-state index contributed by atoms with van der Waals surface area (Å²) in [4.78, 5) is 0. The van der Waals surface area contributed by atoms with Gasteiger partial charge in [0.05, 0.1) is 5.69 Å². The van der Waals surface area contributed by atoms with E-state index in [-0.39, 0.29) is 12.4 Å². The largest absolute Gasteiger partial charge is 1.00 e. The number of halogens is 3. The molecule has 0 fully saturated rings. The van der Waals surface area contributed by atoms with Crippen LogP contribution in [0.25, 0.3) is 5.69 Å². The van der Waals surface area contributed by atoms with Gasteiger partial charge in [0.25, 0.3) is 0 Å². The van der Waals surface area contributed by atoms with Crippen molar-refractivity contribution in [2.24, 2.45) is 0 Å². The first-order valence-corrected chi connectivity index (χ1v) is 5.03. The van der Waals surface area contributed by atoms with Gasteiger partial charge in [0.2, 0.25) is 5.69 Å². The summed E-state index contributed by atoms with van der Waals surface area (Å²) in [6.45, 7) is 0. The van der Waals surface area contributed by atoms with Gasteiger partial charge in [0, 0.05) is 17.2 Å². The Labute approximate surface area is 109 Å². The number of hydrogen-bond donors (Lipinski definition) is 1. The van der Waals surface area contributed by atoms with Crippen LogP contribution >= 0.6 is 23.2 Å². The van der Waals surface area contributed by atoms with Crippen LogP contribution < -0.4 is 22.8 Å². The van der Waals surface area contributed by atoms with Crippen molar-refractivity contribution in [2.75, 3.05) is 5.73 Å². The van der Waals surface area contributed by atoms with Gasteiger partial charge in [-0.25, -0.2) is 0 Å².